The summed E-state index contributed by atoms with van der Waals surface area (Å²) in [4.78, 5) is 12.3. The van der Waals surface area contributed by atoms with Gasteiger partial charge in [0.25, 0.3) is 5.91 Å². The lowest BCUT2D eigenvalue weighted by molar-refractivity contribution is 0.0918. The minimum absolute atomic E-state index is 0.0527. The molecule has 104 valence electrons. The second kappa shape index (κ2) is 6.56. The zero-order valence-electron chi connectivity index (χ0n) is 11.7. The molecule has 2 nitrogen and oxygen atoms in total. The molecule has 0 heterocycles. The Labute approximate surface area is 124 Å². The molecule has 0 spiro atoms. The molecule has 1 N–H and O–H groups in total. The van der Waals surface area contributed by atoms with E-state index in [1.54, 1.807) is 0 Å². The van der Waals surface area contributed by atoms with E-state index in [0.29, 0.717) is 5.92 Å². The number of carbonyl (C=O) groups excluding carboxylic acids is 1. The number of halogens is 1. The lowest BCUT2D eigenvalue weighted by Crippen LogP contribution is -2.39. The van der Waals surface area contributed by atoms with Crippen molar-refractivity contribution < 1.29 is 4.79 Å². The van der Waals surface area contributed by atoms with Gasteiger partial charge in [0, 0.05) is 16.1 Å². The monoisotopic (exact) mass is 323 g/mol. The van der Waals surface area contributed by atoms with Gasteiger partial charge in [-0.05, 0) is 50.3 Å². The minimum Gasteiger partial charge on any atom is -0.349 e. The first kappa shape index (κ1) is 14.6. The van der Waals surface area contributed by atoms with Gasteiger partial charge in [-0.25, -0.2) is 0 Å². The van der Waals surface area contributed by atoms with Gasteiger partial charge in [0.05, 0.1) is 0 Å². The van der Waals surface area contributed by atoms with Crippen molar-refractivity contribution in [1.29, 1.82) is 0 Å². The van der Waals surface area contributed by atoms with Crippen LogP contribution in [-0.2, 0) is 0 Å². The number of benzene rings is 1. The van der Waals surface area contributed by atoms with Gasteiger partial charge < -0.3 is 5.32 Å². The van der Waals surface area contributed by atoms with Crippen LogP contribution in [0.15, 0.2) is 22.7 Å². The van der Waals surface area contributed by atoms with Crippen LogP contribution in [-0.4, -0.2) is 11.9 Å². The van der Waals surface area contributed by atoms with Gasteiger partial charge in [0.1, 0.15) is 0 Å². The number of hydrogen-bond donors (Lipinski definition) is 1. The lowest BCUT2D eigenvalue weighted by atomic mass is 9.84. The van der Waals surface area contributed by atoms with E-state index in [2.05, 4.69) is 28.2 Å². The molecule has 1 atom stereocenters. The average Bonchev–Trinajstić information content (AvgIpc) is 2.42. The molecule has 19 heavy (non-hydrogen) atoms. The van der Waals surface area contributed by atoms with E-state index < -0.39 is 0 Å². The van der Waals surface area contributed by atoms with Crippen molar-refractivity contribution in [3.63, 3.8) is 0 Å². The number of rotatable bonds is 3. The molecule has 0 radical (unpaired) electrons. The number of nitrogens with one attached hydrogen (secondary N) is 1. The molecule has 2 rings (SSSR count). The summed E-state index contributed by atoms with van der Waals surface area (Å²) < 4.78 is 0.952. The van der Waals surface area contributed by atoms with Crippen molar-refractivity contribution in [2.75, 3.05) is 0 Å². The van der Waals surface area contributed by atoms with E-state index >= 15 is 0 Å². The molecule has 1 unspecified atom stereocenters. The Bertz CT molecular complexity index is 452. The fourth-order valence-electron chi connectivity index (χ4n) is 2.88. The van der Waals surface area contributed by atoms with Crippen LogP contribution in [0.5, 0.6) is 0 Å². The number of hydrogen-bond acceptors (Lipinski definition) is 1. The highest BCUT2D eigenvalue weighted by atomic mass is 79.9. The third kappa shape index (κ3) is 3.82. The first-order valence-electron chi connectivity index (χ1n) is 7.15. The van der Waals surface area contributed by atoms with E-state index in [-0.39, 0.29) is 11.9 Å². The quantitative estimate of drug-likeness (QED) is 0.874. The van der Waals surface area contributed by atoms with E-state index in [0.717, 1.165) is 15.6 Å². The highest BCUT2D eigenvalue weighted by Gasteiger charge is 2.22. The number of aryl methyl sites for hydroxylation is 1. The third-order valence-corrected chi connectivity index (χ3v) is 4.65. The number of amides is 1. The Morgan fingerprint density at radius 1 is 1.32 bits per heavy atom. The average molecular weight is 324 g/mol. The second-order valence-electron chi connectivity index (χ2n) is 5.62. The topological polar surface area (TPSA) is 29.1 Å². The van der Waals surface area contributed by atoms with Crippen LogP contribution in [0, 0.1) is 12.8 Å². The summed E-state index contributed by atoms with van der Waals surface area (Å²) in [7, 11) is 0. The highest BCUT2D eigenvalue weighted by Crippen LogP contribution is 2.26. The van der Waals surface area contributed by atoms with Gasteiger partial charge in [0.2, 0.25) is 0 Å². The van der Waals surface area contributed by atoms with Gasteiger partial charge in [-0.15, -0.1) is 0 Å². The molecular formula is C16H22BrNO. The van der Waals surface area contributed by atoms with Crippen LogP contribution in [0.3, 0.4) is 0 Å². The largest absolute Gasteiger partial charge is 0.349 e. The van der Waals surface area contributed by atoms with Crippen molar-refractivity contribution in [2.45, 2.75) is 52.0 Å². The Balaban J connectivity index is 2.01. The molecule has 1 aliphatic rings. The summed E-state index contributed by atoms with van der Waals surface area (Å²) in [5.41, 5.74) is 1.80. The van der Waals surface area contributed by atoms with Crippen molar-refractivity contribution in [2.24, 2.45) is 5.92 Å². The molecule has 1 amide bonds. The number of carbonyl (C=O) groups is 1. The standard InChI is InChI=1S/C16H22BrNO/c1-11-8-9-14(17)10-15(11)16(19)18-12(2)13-6-4-3-5-7-13/h8-10,12-13H,3-7H2,1-2H3,(H,18,19). The van der Waals surface area contributed by atoms with Gasteiger partial charge in [0.15, 0.2) is 0 Å². The van der Waals surface area contributed by atoms with Crippen LogP contribution in [0.25, 0.3) is 0 Å². The summed E-state index contributed by atoms with van der Waals surface area (Å²) in [6.07, 6.45) is 6.46. The summed E-state index contributed by atoms with van der Waals surface area (Å²) in [6.45, 7) is 4.12. The Morgan fingerprint density at radius 3 is 2.68 bits per heavy atom. The maximum Gasteiger partial charge on any atom is 0.251 e. The maximum absolute atomic E-state index is 12.3. The molecule has 0 aromatic heterocycles. The van der Waals surface area contributed by atoms with Crippen LogP contribution in [0.2, 0.25) is 0 Å². The normalized spacial score (nSPS) is 18.1. The molecule has 1 aromatic rings. The van der Waals surface area contributed by atoms with E-state index in [4.69, 9.17) is 0 Å². The van der Waals surface area contributed by atoms with Crippen LogP contribution >= 0.6 is 15.9 Å². The fraction of sp³-hybridized carbons (Fsp3) is 0.562. The van der Waals surface area contributed by atoms with Crippen LogP contribution in [0.1, 0.15) is 54.9 Å². The fourth-order valence-corrected chi connectivity index (χ4v) is 3.24. The molecule has 1 aromatic carbocycles. The second-order valence-corrected chi connectivity index (χ2v) is 6.54. The minimum atomic E-state index is 0.0527. The van der Waals surface area contributed by atoms with Crippen LogP contribution < -0.4 is 5.32 Å². The molecule has 3 heteroatoms. The molecule has 0 saturated heterocycles. The summed E-state index contributed by atoms with van der Waals surface area (Å²) in [6, 6.07) is 6.12. The predicted octanol–water partition coefficient (Wildman–Crippen LogP) is 4.46. The zero-order valence-corrected chi connectivity index (χ0v) is 13.3. The Morgan fingerprint density at radius 2 is 2.00 bits per heavy atom. The zero-order chi connectivity index (χ0) is 13.8. The molecule has 1 aliphatic carbocycles. The maximum atomic E-state index is 12.3. The molecular weight excluding hydrogens is 302 g/mol. The summed E-state index contributed by atoms with van der Waals surface area (Å²) in [5, 5.41) is 3.17. The third-order valence-electron chi connectivity index (χ3n) is 4.16. The van der Waals surface area contributed by atoms with E-state index in [1.807, 2.05) is 25.1 Å². The van der Waals surface area contributed by atoms with E-state index in [1.165, 1.54) is 32.1 Å². The summed E-state index contributed by atoms with van der Waals surface area (Å²) in [5.74, 6) is 0.696. The van der Waals surface area contributed by atoms with Crippen molar-refractivity contribution >= 4 is 21.8 Å². The van der Waals surface area contributed by atoms with Crippen molar-refractivity contribution in [1.82, 2.24) is 5.32 Å². The molecule has 1 fully saturated rings. The smallest absolute Gasteiger partial charge is 0.251 e. The Hall–Kier alpha value is -0.830. The summed E-state index contributed by atoms with van der Waals surface area (Å²) >= 11 is 3.43. The SMILES string of the molecule is Cc1ccc(Br)cc1C(=O)NC(C)C1CCCCC1. The molecule has 1 saturated carbocycles. The van der Waals surface area contributed by atoms with E-state index in [9.17, 15) is 4.79 Å². The van der Waals surface area contributed by atoms with Crippen LogP contribution in [0.4, 0.5) is 0 Å². The van der Waals surface area contributed by atoms with Crippen molar-refractivity contribution in [3.05, 3.63) is 33.8 Å². The Kier molecular flexibility index (Phi) is 5.03. The van der Waals surface area contributed by atoms with Crippen molar-refractivity contribution in [3.8, 4) is 0 Å². The first-order chi connectivity index (χ1) is 9.08. The molecule has 0 bridgehead atoms. The molecule has 0 aliphatic heterocycles. The predicted molar refractivity (Wildman–Crippen MR) is 82.4 cm³/mol. The lowest BCUT2D eigenvalue weighted by Gasteiger charge is -2.28. The van der Waals surface area contributed by atoms with Gasteiger partial charge >= 0.3 is 0 Å². The van der Waals surface area contributed by atoms with Gasteiger partial charge in [-0.2, -0.15) is 0 Å². The van der Waals surface area contributed by atoms with Gasteiger partial charge in [-0.1, -0.05) is 41.3 Å². The first-order valence-corrected chi connectivity index (χ1v) is 7.94. The van der Waals surface area contributed by atoms with Gasteiger partial charge in [-0.3, -0.25) is 4.79 Å². The highest BCUT2D eigenvalue weighted by molar-refractivity contribution is 9.10.